The number of aromatic amines is 1. The number of carboxylic acids is 1. The number of aliphatic carboxylic acids is 1. The third-order valence-corrected chi connectivity index (χ3v) is 10.5. The Kier molecular flexibility index (Phi) is 10.4. The Balaban J connectivity index is 1.31. The molecule has 0 bridgehead atoms. The van der Waals surface area contributed by atoms with Gasteiger partial charge in [-0.25, -0.2) is 22.2 Å². The normalized spacial score (nSPS) is 12.2. The van der Waals surface area contributed by atoms with E-state index in [0.717, 1.165) is 23.4 Å². The Labute approximate surface area is 302 Å². The van der Waals surface area contributed by atoms with Crippen LogP contribution in [0.3, 0.4) is 0 Å². The molecular formula is C37H35F2N7O6S. The lowest BCUT2D eigenvalue weighted by Crippen LogP contribution is -2.49. The molecule has 0 fully saturated rings. The van der Waals surface area contributed by atoms with E-state index in [9.17, 15) is 27.9 Å². The molecule has 5 N–H and O–H groups in total. The highest BCUT2D eigenvalue weighted by Crippen LogP contribution is 2.25. The van der Waals surface area contributed by atoms with E-state index in [2.05, 4.69) is 30.3 Å². The Hall–Kier alpha value is -6.00. The largest absolute Gasteiger partial charge is 0.480 e. The quantitative estimate of drug-likeness (QED) is 0.114. The Bertz CT molecular complexity index is 2500. The molecule has 3 aromatic heterocycles. The molecule has 0 spiro atoms. The number of nitrogens with one attached hydrogen (secondary N) is 4. The number of anilines is 1. The molecule has 1 unspecified atom stereocenters. The van der Waals surface area contributed by atoms with Gasteiger partial charge in [-0.05, 0) is 62.1 Å². The molecule has 0 saturated heterocycles. The molecule has 13 nitrogen and oxygen atoms in total. The van der Waals surface area contributed by atoms with E-state index in [1.807, 2.05) is 30.3 Å². The van der Waals surface area contributed by atoms with Crippen molar-refractivity contribution in [3.8, 4) is 0 Å². The summed E-state index contributed by atoms with van der Waals surface area (Å²) in [7, 11) is -4.36. The number of benzene rings is 3. The van der Waals surface area contributed by atoms with Crippen molar-refractivity contribution in [1.82, 2.24) is 29.6 Å². The van der Waals surface area contributed by atoms with E-state index in [0.29, 0.717) is 28.7 Å². The van der Waals surface area contributed by atoms with Gasteiger partial charge in [-0.3, -0.25) is 14.4 Å². The van der Waals surface area contributed by atoms with E-state index in [4.69, 9.17) is 0 Å². The van der Waals surface area contributed by atoms with Crippen molar-refractivity contribution in [3.05, 3.63) is 128 Å². The minimum Gasteiger partial charge on any atom is -0.480 e. The molecule has 16 heteroatoms. The first kappa shape index (κ1) is 36.8. The van der Waals surface area contributed by atoms with Gasteiger partial charge in [-0.2, -0.15) is 9.71 Å². The molecule has 1 atom stereocenters. The van der Waals surface area contributed by atoms with Crippen molar-refractivity contribution >= 4 is 49.9 Å². The van der Waals surface area contributed by atoms with E-state index < -0.39 is 62.5 Å². The van der Waals surface area contributed by atoms with Crippen molar-refractivity contribution in [2.75, 3.05) is 11.9 Å². The first-order valence-electron chi connectivity index (χ1n) is 16.5. The lowest BCUT2D eigenvalue weighted by Gasteiger charge is -2.19. The third-order valence-electron chi connectivity index (χ3n) is 8.70. The van der Waals surface area contributed by atoms with Gasteiger partial charge in [0.05, 0.1) is 21.3 Å². The SMILES string of the molecule is Cc1cc(C)c(S(=O)(=O)NC(CNC(=O)c2cn(CCc3ccccc3)c3c(F)c(CNc4nc5ncccc5[nH]4)c(F)cc3c2=O)C(=O)O)c(C)c1. The standard InChI is InChI=1S/C37H35F2N7O6S/c1-20-14-21(2)33(22(3)15-20)53(51,52)45-29(36(49)50)18-41-35(48)26-19-46(13-11-23-8-5-4-6-9-23)31-24(32(26)47)16-27(38)25(30(31)39)17-42-37-43-28-10-7-12-40-34(28)44-37/h4-10,12,14-16,19,29,45H,11,13,17-18H2,1-3H3,(H,41,48)(H,49,50)(H2,40,42,43,44). The number of imidazole rings is 1. The number of halogens is 2. The number of rotatable bonds is 13. The predicted molar refractivity (Wildman–Crippen MR) is 194 cm³/mol. The first-order valence-corrected chi connectivity index (χ1v) is 18.0. The van der Waals surface area contributed by atoms with Crippen molar-refractivity contribution < 1.29 is 31.9 Å². The first-order chi connectivity index (χ1) is 25.2. The summed E-state index contributed by atoms with van der Waals surface area (Å²) in [5.74, 6) is -4.51. The molecule has 0 radical (unpaired) electrons. The lowest BCUT2D eigenvalue weighted by molar-refractivity contribution is -0.138. The Morgan fingerprint density at radius 3 is 2.42 bits per heavy atom. The predicted octanol–water partition coefficient (Wildman–Crippen LogP) is 4.49. The summed E-state index contributed by atoms with van der Waals surface area (Å²) in [6, 6.07) is 14.9. The van der Waals surface area contributed by atoms with Gasteiger partial charge in [0, 0.05) is 37.6 Å². The second kappa shape index (κ2) is 14.9. The van der Waals surface area contributed by atoms with Crippen LogP contribution in [0, 0.1) is 32.4 Å². The molecule has 6 aromatic rings. The molecule has 3 aromatic carbocycles. The highest BCUT2D eigenvalue weighted by molar-refractivity contribution is 7.89. The zero-order valence-corrected chi connectivity index (χ0v) is 29.6. The molecule has 3 heterocycles. The maximum atomic E-state index is 16.3. The number of carboxylic acid groups (broad SMARTS) is 1. The number of aryl methyl sites for hydroxylation is 5. The molecule has 6 rings (SSSR count). The summed E-state index contributed by atoms with van der Waals surface area (Å²) < 4.78 is 62.0. The van der Waals surface area contributed by atoms with Crippen LogP contribution in [0.4, 0.5) is 14.7 Å². The molecule has 0 aliphatic heterocycles. The number of aromatic nitrogens is 4. The van der Waals surface area contributed by atoms with Crippen molar-refractivity contribution in [3.63, 3.8) is 0 Å². The Morgan fingerprint density at radius 1 is 1.02 bits per heavy atom. The number of hydrogen-bond acceptors (Lipinski definition) is 8. The monoisotopic (exact) mass is 743 g/mol. The number of fused-ring (bicyclic) bond motifs is 2. The van der Waals surface area contributed by atoms with Gasteiger partial charge in [-0.1, -0.05) is 48.0 Å². The van der Waals surface area contributed by atoms with Crippen LogP contribution in [0.5, 0.6) is 0 Å². The zero-order valence-electron chi connectivity index (χ0n) is 28.8. The topological polar surface area (TPSA) is 188 Å². The van der Waals surface area contributed by atoms with Gasteiger partial charge in [0.15, 0.2) is 11.5 Å². The van der Waals surface area contributed by atoms with Crippen LogP contribution < -0.4 is 20.8 Å². The van der Waals surface area contributed by atoms with Gasteiger partial charge < -0.3 is 25.3 Å². The number of carbonyl (C=O) groups excluding carboxylic acids is 1. The molecule has 0 saturated carbocycles. The Morgan fingerprint density at radius 2 is 1.74 bits per heavy atom. The zero-order chi connectivity index (χ0) is 38.0. The van der Waals surface area contributed by atoms with Crippen molar-refractivity contribution in [1.29, 1.82) is 0 Å². The summed E-state index contributed by atoms with van der Waals surface area (Å²) in [5.41, 5.74) is 1.34. The van der Waals surface area contributed by atoms with Crippen LogP contribution in [0.25, 0.3) is 22.1 Å². The van der Waals surface area contributed by atoms with E-state index in [1.165, 1.54) is 4.57 Å². The average Bonchev–Trinajstić information content (AvgIpc) is 3.52. The molecular weight excluding hydrogens is 709 g/mol. The van der Waals surface area contributed by atoms with Crippen molar-refractivity contribution in [2.24, 2.45) is 0 Å². The number of sulfonamides is 1. The fourth-order valence-electron chi connectivity index (χ4n) is 6.33. The van der Waals surface area contributed by atoms with Crippen molar-refractivity contribution in [2.45, 2.75) is 51.2 Å². The van der Waals surface area contributed by atoms with E-state index >= 15 is 8.78 Å². The number of hydrogen-bond donors (Lipinski definition) is 5. The fourth-order valence-corrected chi connectivity index (χ4v) is 7.97. The van der Waals surface area contributed by atoms with E-state index in [1.54, 1.807) is 51.2 Å². The third kappa shape index (κ3) is 7.78. The minimum absolute atomic E-state index is 0.0680. The van der Waals surface area contributed by atoms with Gasteiger partial charge in [0.2, 0.25) is 21.4 Å². The number of nitrogens with zero attached hydrogens (tertiary/aromatic N) is 3. The smallest absolute Gasteiger partial charge is 0.323 e. The summed E-state index contributed by atoms with van der Waals surface area (Å²) in [5, 5.41) is 14.6. The number of amides is 1. The average molecular weight is 744 g/mol. The second-order valence-corrected chi connectivity index (χ2v) is 14.3. The number of pyridine rings is 2. The highest BCUT2D eigenvalue weighted by atomic mass is 32.2. The second-order valence-electron chi connectivity index (χ2n) is 12.6. The molecule has 53 heavy (non-hydrogen) atoms. The maximum Gasteiger partial charge on any atom is 0.323 e. The molecule has 1 amide bonds. The molecule has 0 aliphatic carbocycles. The summed E-state index contributed by atoms with van der Waals surface area (Å²) in [6.45, 7) is 3.93. The fraction of sp³-hybridized carbons (Fsp3) is 0.216. The molecule has 274 valence electrons. The van der Waals surface area contributed by atoms with E-state index in [-0.39, 0.29) is 35.0 Å². The number of H-pyrrole nitrogens is 1. The summed E-state index contributed by atoms with van der Waals surface area (Å²) in [6.07, 6.45) is 3.03. The van der Waals surface area contributed by atoms with Crippen LogP contribution in [0.2, 0.25) is 0 Å². The van der Waals surface area contributed by atoms with Gasteiger partial charge in [0.1, 0.15) is 17.4 Å². The maximum absolute atomic E-state index is 16.3. The number of carbonyl (C=O) groups is 2. The van der Waals surface area contributed by atoms with Crippen LogP contribution in [0.1, 0.15) is 38.2 Å². The summed E-state index contributed by atoms with van der Waals surface area (Å²) >= 11 is 0. The lowest BCUT2D eigenvalue weighted by atomic mass is 10.0. The van der Waals surface area contributed by atoms with Gasteiger partial charge in [0.25, 0.3) is 5.91 Å². The van der Waals surface area contributed by atoms with Crippen LogP contribution in [-0.4, -0.2) is 57.5 Å². The summed E-state index contributed by atoms with van der Waals surface area (Å²) in [4.78, 5) is 50.6. The van der Waals surface area contributed by atoms with Crippen LogP contribution in [-0.2, 0) is 34.3 Å². The van der Waals surface area contributed by atoms with Crippen LogP contribution in [0.15, 0.2) is 82.7 Å². The molecule has 0 aliphatic rings. The minimum atomic E-state index is -4.36. The highest BCUT2D eigenvalue weighted by Gasteiger charge is 2.29. The van der Waals surface area contributed by atoms with Gasteiger partial charge >= 0.3 is 5.97 Å². The van der Waals surface area contributed by atoms with Crippen LogP contribution >= 0.6 is 0 Å². The van der Waals surface area contributed by atoms with Gasteiger partial charge in [-0.15, -0.1) is 0 Å².